The summed E-state index contributed by atoms with van der Waals surface area (Å²) in [4.78, 5) is 0. The standard InChI is InChI=1S/C18H23NO/c1-13-5-10-18(14(2)11-13)15(3)19-12-16-6-8-17(20-4)9-7-16/h5-11,15,19H,12H2,1-4H3. The second-order valence-electron chi connectivity index (χ2n) is 5.31. The fourth-order valence-electron chi connectivity index (χ4n) is 2.44. The average Bonchev–Trinajstić information content (AvgIpc) is 2.45. The van der Waals surface area contributed by atoms with Crippen LogP contribution in [0.4, 0.5) is 0 Å². The van der Waals surface area contributed by atoms with Crippen molar-refractivity contribution < 1.29 is 4.74 Å². The van der Waals surface area contributed by atoms with E-state index in [9.17, 15) is 0 Å². The van der Waals surface area contributed by atoms with E-state index < -0.39 is 0 Å². The number of rotatable bonds is 5. The molecule has 0 aromatic heterocycles. The van der Waals surface area contributed by atoms with Crippen molar-refractivity contribution in [2.75, 3.05) is 7.11 Å². The largest absolute Gasteiger partial charge is 0.497 e. The van der Waals surface area contributed by atoms with Crippen molar-refractivity contribution in [1.82, 2.24) is 5.32 Å². The molecule has 0 saturated heterocycles. The first-order valence-corrected chi connectivity index (χ1v) is 7.03. The molecule has 2 nitrogen and oxygen atoms in total. The molecule has 2 heteroatoms. The van der Waals surface area contributed by atoms with E-state index in [1.165, 1.54) is 22.3 Å². The summed E-state index contributed by atoms with van der Waals surface area (Å²) in [5, 5.41) is 3.57. The van der Waals surface area contributed by atoms with Crippen LogP contribution in [0.1, 0.15) is 35.2 Å². The van der Waals surface area contributed by atoms with Gasteiger partial charge in [-0.25, -0.2) is 0 Å². The molecule has 0 radical (unpaired) electrons. The Morgan fingerprint density at radius 1 is 1.05 bits per heavy atom. The minimum atomic E-state index is 0.345. The summed E-state index contributed by atoms with van der Waals surface area (Å²) in [7, 11) is 1.69. The zero-order chi connectivity index (χ0) is 14.5. The number of aryl methyl sites for hydroxylation is 2. The van der Waals surface area contributed by atoms with E-state index in [1.54, 1.807) is 7.11 Å². The van der Waals surface area contributed by atoms with Gasteiger partial charge in [0.25, 0.3) is 0 Å². The summed E-state index contributed by atoms with van der Waals surface area (Å²) in [5.41, 5.74) is 5.29. The van der Waals surface area contributed by atoms with Crippen LogP contribution in [0.5, 0.6) is 5.75 Å². The average molecular weight is 269 g/mol. The van der Waals surface area contributed by atoms with Crippen LogP contribution in [-0.4, -0.2) is 7.11 Å². The van der Waals surface area contributed by atoms with E-state index in [1.807, 2.05) is 12.1 Å². The smallest absolute Gasteiger partial charge is 0.118 e. The van der Waals surface area contributed by atoms with Crippen LogP contribution >= 0.6 is 0 Å². The van der Waals surface area contributed by atoms with Crippen molar-refractivity contribution in [3.8, 4) is 5.75 Å². The number of benzene rings is 2. The van der Waals surface area contributed by atoms with Crippen LogP contribution in [0.2, 0.25) is 0 Å². The predicted octanol–water partition coefficient (Wildman–Crippen LogP) is 4.16. The van der Waals surface area contributed by atoms with Crippen LogP contribution < -0.4 is 10.1 Å². The Morgan fingerprint density at radius 2 is 1.75 bits per heavy atom. The maximum atomic E-state index is 5.17. The second kappa shape index (κ2) is 6.58. The number of hydrogen-bond acceptors (Lipinski definition) is 2. The lowest BCUT2D eigenvalue weighted by Gasteiger charge is -2.17. The molecule has 0 spiro atoms. The summed E-state index contributed by atoms with van der Waals surface area (Å²) in [6.07, 6.45) is 0. The van der Waals surface area contributed by atoms with Gasteiger partial charge in [-0.15, -0.1) is 0 Å². The highest BCUT2D eigenvalue weighted by atomic mass is 16.5. The van der Waals surface area contributed by atoms with Crippen molar-refractivity contribution in [3.63, 3.8) is 0 Å². The molecule has 0 aliphatic carbocycles. The Balaban J connectivity index is 1.98. The van der Waals surface area contributed by atoms with E-state index in [-0.39, 0.29) is 0 Å². The van der Waals surface area contributed by atoms with Crippen molar-refractivity contribution in [1.29, 1.82) is 0 Å². The summed E-state index contributed by atoms with van der Waals surface area (Å²) < 4.78 is 5.17. The molecule has 0 fully saturated rings. The topological polar surface area (TPSA) is 21.3 Å². The summed E-state index contributed by atoms with van der Waals surface area (Å²) >= 11 is 0. The lowest BCUT2D eigenvalue weighted by molar-refractivity contribution is 0.414. The Hall–Kier alpha value is -1.80. The predicted molar refractivity (Wildman–Crippen MR) is 84.2 cm³/mol. The fraction of sp³-hybridized carbons (Fsp3) is 0.333. The Kier molecular flexibility index (Phi) is 4.80. The molecular formula is C18H23NO. The van der Waals surface area contributed by atoms with E-state index >= 15 is 0 Å². The minimum Gasteiger partial charge on any atom is -0.497 e. The Bertz CT molecular complexity index is 560. The molecule has 2 aromatic carbocycles. The highest BCUT2D eigenvalue weighted by Gasteiger charge is 2.07. The summed E-state index contributed by atoms with van der Waals surface area (Å²) in [6, 6.07) is 15.2. The first-order chi connectivity index (χ1) is 9.60. The Labute approximate surface area is 121 Å². The number of hydrogen-bond donors (Lipinski definition) is 1. The molecule has 0 aliphatic rings. The fourth-order valence-corrected chi connectivity index (χ4v) is 2.44. The first-order valence-electron chi connectivity index (χ1n) is 7.03. The van der Waals surface area contributed by atoms with Gasteiger partial charge in [-0.3, -0.25) is 0 Å². The normalized spacial score (nSPS) is 12.2. The van der Waals surface area contributed by atoms with Crippen molar-refractivity contribution in [2.45, 2.75) is 33.4 Å². The quantitative estimate of drug-likeness (QED) is 0.880. The summed E-state index contributed by atoms with van der Waals surface area (Å²) in [6.45, 7) is 7.37. The third-order valence-electron chi connectivity index (χ3n) is 3.66. The molecule has 0 saturated carbocycles. The van der Waals surface area contributed by atoms with Gasteiger partial charge in [0.2, 0.25) is 0 Å². The maximum Gasteiger partial charge on any atom is 0.118 e. The minimum absolute atomic E-state index is 0.345. The van der Waals surface area contributed by atoms with Gasteiger partial charge in [-0.1, -0.05) is 35.9 Å². The Morgan fingerprint density at radius 3 is 2.35 bits per heavy atom. The number of ether oxygens (including phenoxy) is 1. The molecule has 1 unspecified atom stereocenters. The third kappa shape index (κ3) is 3.61. The SMILES string of the molecule is COc1ccc(CNC(C)c2ccc(C)cc2C)cc1. The highest BCUT2D eigenvalue weighted by Crippen LogP contribution is 2.19. The zero-order valence-corrected chi connectivity index (χ0v) is 12.7. The molecule has 106 valence electrons. The second-order valence-corrected chi connectivity index (χ2v) is 5.31. The van der Waals surface area contributed by atoms with E-state index in [0.29, 0.717) is 6.04 Å². The highest BCUT2D eigenvalue weighted by molar-refractivity contribution is 5.33. The van der Waals surface area contributed by atoms with E-state index in [0.717, 1.165) is 12.3 Å². The lowest BCUT2D eigenvalue weighted by Crippen LogP contribution is -2.18. The van der Waals surface area contributed by atoms with Crippen molar-refractivity contribution >= 4 is 0 Å². The van der Waals surface area contributed by atoms with Gasteiger partial charge in [0.05, 0.1) is 7.11 Å². The molecular weight excluding hydrogens is 246 g/mol. The van der Waals surface area contributed by atoms with Gasteiger partial charge < -0.3 is 10.1 Å². The van der Waals surface area contributed by atoms with Crippen LogP contribution in [0, 0.1) is 13.8 Å². The summed E-state index contributed by atoms with van der Waals surface area (Å²) in [5.74, 6) is 0.899. The molecule has 1 N–H and O–H groups in total. The number of nitrogens with one attached hydrogen (secondary N) is 1. The van der Waals surface area contributed by atoms with Crippen LogP contribution in [0.25, 0.3) is 0 Å². The van der Waals surface area contributed by atoms with Gasteiger partial charge in [0.1, 0.15) is 5.75 Å². The lowest BCUT2D eigenvalue weighted by atomic mass is 10.00. The van der Waals surface area contributed by atoms with Crippen LogP contribution in [0.15, 0.2) is 42.5 Å². The van der Waals surface area contributed by atoms with Gasteiger partial charge in [-0.2, -0.15) is 0 Å². The van der Waals surface area contributed by atoms with Gasteiger partial charge in [0, 0.05) is 12.6 Å². The molecule has 1 atom stereocenters. The molecule has 0 aliphatic heterocycles. The maximum absolute atomic E-state index is 5.17. The monoisotopic (exact) mass is 269 g/mol. The molecule has 0 amide bonds. The van der Waals surface area contributed by atoms with Gasteiger partial charge >= 0.3 is 0 Å². The van der Waals surface area contributed by atoms with Gasteiger partial charge in [-0.05, 0) is 49.6 Å². The van der Waals surface area contributed by atoms with Gasteiger partial charge in [0.15, 0.2) is 0 Å². The van der Waals surface area contributed by atoms with E-state index in [2.05, 4.69) is 56.4 Å². The van der Waals surface area contributed by atoms with Crippen molar-refractivity contribution in [3.05, 3.63) is 64.7 Å². The van der Waals surface area contributed by atoms with Crippen molar-refractivity contribution in [2.24, 2.45) is 0 Å². The third-order valence-corrected chi connectivity index (χ3v) is 3.66. The number of methoxy groups -OCH3 is 1. The molecule has 2 aromatic rings. The van der Waals surface area contributed by atoms with Crippen LogP contribution in [0.3, 0.4) is 0 Å². The molecule has 20 heavy (non-hydrogen) atoms. The molecule has 2 rings (SSSR count). The molecule has 0 heterocycles. The van der Waals surface area contributed by atoms with Crippen LogP contribution in [-0.2, 0) is 6.54 Å². The molecule has 0 bridgehead atoms. The van der Waals surface area contributed by atoms with E-state index in [4.69, 9.17) is 4.74 Å². The first kappa shape index (κ1) is 14.6. The zero-order valence-electron chi connectivity index (χ0n) is 12.7.